The van der Waals surface area contributed by atoms with Crippen LogP contribution in [0, 0.1) is 5.92 Å². The van der Waals surface area contributed by atoms with Crippen LogP contribution in [0.4, 0.5) is 5.69 Å². The van der Waals surface area contributed by atoms with Crippen molar-refractivity contribution in [3.63, 3.8) is 0 Å². The number of hydrogen-bond acceptors (Lipinski definition) is 5. The zero-order chi connectivity index (χ0) is 19.5. The van der Waals surface area contributed by atoms with Gasteiger partial charge in [0.1, 0.15) is 12.4 Å². The quantitative estimate of drug-likeness (QED) is 0.540. The Morgan fingerprint density at radius 2 is 2.04 bits per heavy atom. The van der Waals surface area contributed by atoms with Crippen LogP contribution in [-0.4, -0.2) is 32.0 Å². The molecule has 2 aromatic carbocycles. The lowest BCUT2D eigenvalue weighted by molar-refractivity contribution is 0.110. The average molecular weight is 381 g/mol. The number of allylic oxidation sites excluding steroid dienone is 2. The van der Waals surface area contributed by atoms with E-state index in [0.29, 0.717) is 37.4 Å². The predicted octanol–water partition coefficient (Wildman–Crippen LogP) is 4.64. The molecule has 1 aliphatic carbocycles. The van der Waals surface area contributed by atoms with E-state index in [0.717, 1.165) is 23.4 Å². The third kappa shape index (κ3) is 3.54. The third-order valence-corrected chi connectivity index (χ3v) is 5.60. The third-order valence-electron chi connectivity index (χ3n) is 5.60. The summed E-state index contributed by atoms with van der Waals surface area (Å²) in [5.41, 5.74) is 3.45. The second-order valence-corrected chi connectivity index (χ2v) is 7.20. The van der Waals surface area contributed by atoms with Crippen molar-refractivity contribution in [2.24, 2.45) is 5.92 Å². The summed E-state index contributed by atoms with van der Waals surface area (Å²) in [6.45, 7) is 3.84. The molecule has 2 aliphatic rings. The van der Waals surface area contributed by atoms with Gasteiger partial charge in [0.25, 0.3) is 0 Å². The van der Waals surface area contributed by atoms with Crippen molar-refractivity contribution in [1.29, 1.82) is 0 Å². The largest absolute Gasteiger partial charge is 0.504 e. The Bertz CT molecular complexity index is 864. The summed E-state index contributed by atoms with van der Waals surface area (Å²) in [4.78, 5) is 0. The van der Waals surface area contributed by atoms with Gasteiger partial charge in [-0.15, -0.1) is 0 Å². The molecule has 5 nitrogen and oxygen atoms in total. The van der Waals surface area contributed by atoms with Gasteiger partial charge in [-0.05, 0) is 60.7 Å². The monoisotopic (exact) mass is 381 g/mol. The fourth-order valence-electron chi connectivity index (χ4n) is 4.26. The molecule has 4 rings (SSSR count). The number of aromatic hydroxyl groups is 1. The molecule has 0 amide bonds. The summed E-state index contributed by atoms with van der Waals surface area (Å²) in [5.74, 6) is 2.28. The Hall–Kier alpha value is -2.66. The summed E-state index contributed by atoms with van der Waals surface area (Å²) >= 11 is 0. The van der Waals surface area contributed by atoms with Crippen molar-refractivity contribution in [1.82, 2.24) is 0 Å². The zero-order valence-corrected chi connectivity index (χ0v) is 16.4. The number of anilines is 1. The predicted molar refractivity (Wildman–Crippen MR) is 109 cm³/mol. The van der Waals surface area contributed by atoms with Crippen LogP contribution < -0.4 is 14.8 Å². The minimum atomic E-state index is 0.133. The molecular weight excluding hydrogens is 354 g/mol. The van der Waals surface area contributed by atoms with Gasteiger partial charge in [0.05, 0.1) is 19.8 Å². The van der Waals surface area contributed by atoms with E-state index in [1.54, 1.807) is 7.11 Å². The van der Waals surface area contributed by atoms with E-state index in [4.69, 9.17) is 14.2 Å². The lowest BCUT2D eigenvalue weighted by atomic mass is 9.77. The van der Waals surface area contributed by atoms with Crippen molar-refractivity contribution in [2.45, 2.75) is 25.3 Å². The van der Waals surface area contributed by atoms with Gasteiger partial charge >= 0.3 is 0 Å². The van der Waals surface area contributed by atoms with Crippen LogP contribution in [0.1, 0.15) is 36.4 Å². The van der Waals surface area contributed by atoms with E-state index >= 15 is 0 Å². The standard InChI is InChI=1S/C23H27NO4/c1-3-27-11-12-28-16-8-9-20-19(14-16)17-5-4-6-18(17)23(24-20)15-7-10-22(26-2)21(25)13-15/h4-5,7-10,13-14,17-18,23-25H,3,6,11-12H2,1-2H3. The molecule has 0 fully saturated rings. The van der Waals surface area contributed by atoms with Gasteiger partial charge in [-0.3, -0.25) is 0 Å². The number of phenolic OH excluding ortho intramolecular Hbond substituents is 1. The molecule has 0 saturated heterocycles. The molecule has 3 unspecified atom stereocenters. The minimum Gasteiger partial charge on any atom is -0.504 e. The molecule has 0 bridgehead atoms. The topological polar surface area (TPSA) is 60.0 Å². The molecule has 148 valence electrons. The highest BCUT2D eigenvalue weighted by Crippen LogP contribution is 2.51. The first kappa shape index (κ1) is 18.7. The smallest absolute Gasteiger partial charge is 0.160 e. The normalized spacial score (nSPS) is 22.3. The van der Waals surface area contributed by atoms with E-state index in [-0.39, 0.29) is 11.8 Å². The highest BCUT2D eigenvalue weighted by atomic mass is 16.5. The highest BCUT2D eigenvalue weighted by Gasteiger charge is 2.38. The van der Waals surface area contributed by atoms with E-state index in [9.17, 15) is 5.11 Å². The van der Waals surface area contributed by atoms with E-state index in [1.807, 2.05) is 31.2 Å². The van der Waals surface area contributed by atoms with Crippen LogP contribution in [0.25, 0.3) is 0 Å². The second-order valence-electron chi connectivity index (χ2n) is 7.20. The number of benzene rings is 2. The van der Waals surface area contributed by atoms with Crippen LogP contribution >= 0.6 is 0 Å². The molecular formula is C23H27NO4. The van der Waals surface area contributed by atoms with Gasteiger partial charge in [0.15, 0.2) is 11.5 Å². The molecule has 0 radical (unpaired) electrons. The Morgan fingerprint density at radius 3 is 2.82 bits per heavy atom. The van der Waals surface area contributed by atoms with Crippen molar-refractivity contribution in [3.05, 3.63) is 59.7 Å². The van der Waals surface area contributed by atoms with Crippen LogP contribution in [0.5, 0.6) is 17.2 Å². The fraction of sp³-hybridized carbons (Fsp3) is 0.391. The molecule has 5 heteroatoms. The van der Waals surface area contributed by atoms with Crippen LogP contribution in [0.15, 0.2) is 48.6 Å². The molecule has 28 heavy (non-hydrogen) atoms. The van der Waals surface area contributed by atoms with Gasteiger partial charge in [-0.2, -0.15) is 0 Å². The summed E-state index contributed by atoms with van der Waals surface area (Å²) in [7, 11) is 1.56. The average Bonchev–Trinajstić information content (AvgIpc) is 3.21. The number of nitrogens with one attached hydrogen (secondary N) is 1. The molecule has 1 aliphatic heterocycles. The maximum absolute atomic E-state index is 10.2. The number of ether oxygens (including phenoxy) is 3. The first-order valence-electron chi connectivity index (χ1n) is 9.86. The number of methoxy groups -OCH3 is 1. The number of fused-ring (bicyclic) bond motifs is 3. The number of rotatable bonds is 7. The van der Waals surface area contributed by atoms with E-state index < -0.39 is 0 Å². The van der Waals surface area contributed by atoms with Crippen molar-refractivity contribution in [3.8, 4) is 17.2 Å². The lowest BCUT2D eigenvalue weighted by Gasteiger charge is -2.37. The molecule has 2 N–H and O–H groups in total. The maximum Gasteiger partial charge on any atom is 0.160 e. The van der Waals surface area contributed by atoms with E-state index in [2.05, 4.69) is 29.6 Å². The molecule has 1 heterocycles. The summed E-state index contributed by atoms with van der Waals surface area (Å²) in [5, 5.41) is 13.9. The second kappa shape index (κ2) is 8.15. The first-order valence-corrected chi connectivity index (χ1v) is 9.86. The Morgan fingerprint density at radius 1 is 1.14 bits per heavy atom. The first-order chi connectivity index (χ1) is 13.7. The molecule has 0 spiro atoms. The van der Waals surface area contributed by atoms with Crippen molar-refractivity contribution < 1.29 is 19.3 Å². The van der Waals surface area contributed by atoms with Gasteiger partial charge in [0.2, 0.25) is 0 Å². The molecule has 0 saturated carbocycles. The van der Waals surface area contributed by atoms with Gasteiger partial charge in [-0.1, -0.05) is 18.2 Å². The minimum absolute atomic E-state index is 0.133. The Balaban J connectivity index is 1.58. The maximum atomic E-state index is 10.2. The molecule has 2 aromatic rings. The summed E-state index contributed by atoms with van der Waals surface area (Å²) in [6, 6.07) is 12.0. The summed E-state index contributed by atoms with van der Waals surface area (Å²) in [6.07, 6.45) is 5.56. The highest BCUT2D eigenvalue weighted by molar-refractivity contribution is 5.62. The van der Waals surface area contributed by atoms with Crippen LogP contribution in [0.2, 0.25) is 0 Å². The van der Waals surface area contributed by atoms with Crippen LogP contribution in [0.3, 0.4) is 0 Å². The van der Waals surface area contributed by atoms with Crippen LogP contribution in [-0.2, 0) is 4.74 Å². The zero-order valence-electron chi connectivity index (χ0n) is 16.4. The van der Waals surface area contributed by atoms with Gasteiger partial charge < -0.3 is 24.6 Å². The van der Waals surface area contributed by atoms with Gasteiger partial charge in [0, 0.05) is 18.2 Å². The fourth-order valence-corrected chi connectivity index (χ4v) is 4.26. The lowest BCUT2D eigenvalue weighted by Crippen LogP contribution is -2.29. The van der Waals surface area contributed by atoms with Crippen molar-refractivity contribution >= 4 is 5.69 Å². The number of phenols is 1. The summed E-state index contributed by atoms with van der Waals surface area (Å²) < 4.78 is 16.4. The van der Waals surface area contributed by atoms with E-state index in [1.165, 1.54) is 5.56 Å². The number of hydrogen-bond donors (Lipinski definition) is 2. The molecule has 0 aromatic heterocycles. The Labute approximate surface area is 165 Å². The SMILES string of the molecule is CCOCCOc1ccc2c(c1)C1C=CCC1C(c1ccc(OC)c(O)c1)N2. The Kier molecular flexibility index (Phi) is 5.44. The molecule has 3 atom stereocenters. The van der Waals surface area contributed by atoms with Gasteiger partial charge in [-0.25, -0.2) is 0 Å². The van der Waals surface area contributed by atoms with Crippen molar-refractivity contribution in [2.75, 3.05) is 32.2 Å².